The van der Waals surface area contributed by atoms with E-state index in [9.17, 15) is 0 Å². The molecule has 2 unspecified atom stereocenters. The number of hydrogen-bond donors (Lipinski definition) is 1. The van der Waals surface area contributed by atoms with E-state index < -0.39 is 0 Å². The lowest BCUT2D eigenvalue weighted by atomic mass is 10.1. The first kappa shape index (κ1) is 10.4. The van der Waals surface area contributed by atoms with Crippen molar-refractivity contribution >= 4 is 11.8 Å². The standard InChI is InChI=1S/C10H21NS/c1-4-5-6-7-10(3)11-9(2)8-12-10/h9,11H,4-8H2,1-3H3. The second-order valence-corrected chi connectivity index (χ2v) is 5.57. The summed E-state index contributed by atoms with van der Waals surface area (Å²) in [5.74, 6) is 1.28. The van der Waals surface area contributed by atoms with Gasteiger partial charge < -0.3 is 0 Å². The second-order valence-electron chi connectivity index (χ2n) is 4.04. The van der Waals surface area contributed by atoms with Crippen molar-refractivity contribution in [2.75, 3.05) is 5.75 Å². The number of unbranched alkanes of at least 4 members (excludes halogenated alkanes) is 2. The summed E-state index contributed by atoms with van der Waals surface area (Å²) in [5, 5.41) is 3.65. The van der Waals surface area contributed by atoms with Crippen LogP contribution in [0, 0.1) is 0 Å². The van der Waals surface area contributed by atoms with Crippen LogP contribution in [0.2, 0.25) is 0 Å². The van der Waals surface area contributed by atoms with Crippen LogP contribution in [0.1, 0.15) is 46.5 Å². The van der Waals surface area contributed by atoms with Crippen molar-refractivity contribution in [1.29, 1.82) is 0 Å². The second kappa shape index (κ2) is 4.52. The fourth-order valence-corrected chi connectivity index (χ4v) is 3.04. The third-order valence-corrected chi connectivity index (χ3v) is 4.09. The van der Waals surface area contributed by atoms with Crippen molar-refractivity contribution in [1.82, 2.24) is 5.32 Å². The third-order valence-electron chi connectivity index (χ3n) is 2.46. The van der Waals surface area contributed by atoms with Gasteiger partial charge in [-0.3, -0.25) is 5.32 Å². The zero-order valence-electron chi connectivity index (χ0n) is 8.52. The quantitative estimate of drug-likeness (QED) is 0.679. The fraction of sp³-hybridized carbons (Fsp3) is 1.00. The number of hydrogen-bond acceptors (Lipinski definition) is 2. The topological polar surface area (TPSA) is 12.0 Å². The molecule has 12 heavy (non-hydrogen) atoms. The Morgan fingerprint density at radius 3 is 2.75 bits per heavy atom. The Morgan fingerprint density at radius 1 is 1.50 bits per heavy atom. The van der Waals surface area contributed by atoms with Crippen LogP contribution < -0.4 is 5.32 Å². The van der Waals surface area contributed by atoms with Crippen molar-refractivity contribution < 1.29 is 0 Å². The van der Waals surface area contributed by atoms with Gasteiger partial charge in [-0.1, -0.05) is 26.2 Å². The molecule has 0 aromatic rings. The summed E-state index contributed by atoms with van der Waals surface area (Å²) in [4.78, 5) is 0.384. The molecular formula is C10H21NS. The molecule has 0 radical (unpaired) electrons. The summed E-state index contributed by atoms with van der Waals surface area (Å²) in [6.07, 6.45) is 5.41. The molecule has 0 amide bonds. The normalized spacial score (nSPS) is 35.8. The van der Waals surface area contributed by atoms with Crippen molar-refractivity contribution in [2.45, 2.75) is 57.4 Å². The van der Waals surface area contributed by atoms with Crippen molar-refractivity contribution in [3.8, 4) is 0 Å². The predicted octanol–water partition coefficient (Wildman–Crippen LogP) is 3.01. The highest BCUT2D eigenvalue weighted by Crippen LogP contribution is 2.34. The Kier molecular flexibility index (Phi) is 3.91. The van der Waals surface area contributed by atoms with Crippen LogP contribution in [0.5, 0.6) is 0 Å². The molecule has 1 N–H and O–H groups in total. The molecule has 72 valence electrons. The highest BCUT2D eigenvalue weighted by Gasteiger charge is 2.31. The molecule has 0 bridgehead atoms. The van der Waals surface area contributed by atoms with Crippen LogP contribution in [0.3, 0.4) is 0 Å². The zero-order chi connectivity index (χ0) is 9.03. The smallest absolute Gasteiger partial charge is 0.0619 e. The fourth-order valence-electron chi connectivity index (χ4n) is 1.77. The monoisotopic (exact) mass is 187 g/mol. The van der Waals surface area contributed by atoms with Gasteiger partial charge in [-0.05, 0) is 20.3 Å². The Labute approximate surface area is 80.7 Å². The van der Waals surface area contributed by atoms with E-state index in [0.717, 1.165) is 0 Å². The summed E-state index contributed by atoms with van der Waals surface area (Å²) in [5.41, 5.74) is 0. The molecule has 2 atom stereocenters. The minimum atomic E-state index is 0.384. The average Bonchev–Trinajstić information content (AvgIpc) is 2.32. The molecule has 1 fully saturated rings. The zero-order valence-corrected chi connectivity index (χ0v) is 9.34. The van der Waals surface area contributed by atoms with Crippen LogP contribution in [0.15, 0.2) is 0 Å². The van der Waals surface area contributed by atoms with Gasteiger partial charge >= 0.3 is 0 Å². The van der Waals surface area contributed by atoms with Gasteiger partial charge in [0.2, 0.25) is 0 Å². The first-order valence-corrected chi connectivity index (χ1v) is 6.06. The van der Waals surface area contributed by atoms with Crippen LogP contribution in [0.25, 0.3) is 0 Å². The Balaban J connectivity index is 2.21. The third kappa shape index (κ3) is 2.98. The summed E-state index contributed by atoms with van der Waals surface area (Å²) >= 11 is 2.09. The van der Waals surface area contributed by atoms with Gasteiger partial charge in [0.25, 0.3) is 0 Å². The molecule has 0 spiro atoms. The molecule has 1 rings (SSSR count). The molecule has 0 aromatic carbocycles. The highest BCUT2D eigenvalue weighted by molar-refractivity contribution is 8.00. The van der Waals surface area contributed by atoms with Gasteiger partial charge in [0.05, 0.1) is 4.87 Å². The van der Waals surface area contributed by atoms with E-state index in [1.807, 2.05) is 0 Å². The predicted molar refractivity (Wildman–Crippen MR) is 57.6 cm³/mol. The first-order valence-electron chi connectivity index (χ1n) is 5.08. The van der Waals surface area contributed by atoms with Crippen molar-refractivity contribution in [3.63, 3.8) is 0 Å². The van der Waals surface area contributed by atoms with E-state index >= 15 is 0 Å². The molecule has 0 aromatic heterocycles. The molecule has 1 heterocycles. The Morgan fingerprint density at radius 2 is 2.25 bits per heavy atom. The highest BCUT2D eigenvalue weighted by atomic mass is 32.2. The van der Waals surface area contributed by atoms with E-state index in [1.165, 1.54) is 31.4 Å². The summed E-state index contributed by atoms with van der Waals surface area (Å²) in [7, 11) is 0. The van der Waals surface area contributed by atoms with E-state index in [0.29, 0.717) is 10.9 Å². The Hall–Kier alpha value is 0.310. The molecule has 0 saturated carbocycles. The number of thioether (sulfide) groups is 1. The lowest BCUT2D eigenvalue weighted by Gasteiger charge is -2.24. The summed E-state index contributed by atoms with van der Waals surface area (Å²) in [6, 6.07) is 0.710. The lowest BCUT2D eigenvalue weighted by Crippen LogP contribution is -2.37. The minimum absolute atomic E-state index is 0.384. The van der Waals surface area contributed by atoms with E-state index in [1.54, 1.807) is 0 Å². The summed E-state index contributed by atoms with van der Waals surface area (Å²) in [6.45, 7) is 6.88. The molecule has 1 nitrogen and oxygen atoms in total. The van der Waals surface area contributed by atoms with Gasteiger partial charge in [0.15, 0.2) is 0 Å². The van der Waals surface area contributed by atoms with E-state index in [-0.39, 0.29) is 0 Å². The van der Waals surface area contributed by atoms with Gasteiger partial charge in [-0.2, -0.15) is 0 Å². The molecule has 1 aliphatic rings. The largest absolute Gasteiger partial charge is 0.300 e. The van der Waals surface area contributed by atoms with Crippen LogP contribution in [0.4, 0.5) is 0 Å². The maximum Gasteiger partial charge on any atom is 0.0619 e. The Bertz CT molecular complexity index is 138. The summed E-state index contributed by atoms with van der Waals surface area (Å²) < 4.78 is 0. The number of nitrogens with one attached hydrogen (secondary N) is 1. The molecule has 1 aliphatic heterocycles. The van der Waals surface area contributed by atoms with Crippen molar-refractivity contribution in [3.05, 3.63) is 0 Å². The van der Waals surface area contributed by atoms with Crippen molar-refractivity contribution in [2.24, 2.45) is 0 Å². The molecule has 2 heteroatoms. The van der Waals surface area contributed by atoms with E-state index in [2.05, 4.69) is 37.8 Å². The molecule has 0 aliphatic carbocycles. The van der Waals surface area contributed by atoms with Crippen LogP contribution in [-0.4, -0.2) is 16.7 Å². The van der Waals surface area contributed by atoms with E-state index in [4.69, 9.17) is 0 Å². The van der Waals surface area contributed by atoms with Crippen LogP contribution >= 0.6 is 11.8 Å². The first-order chi connectivity index (χ1) is 5.66. The minimum Gasteiger partial charge on any atom is -0.300 e. The van der Waals surface area contributed by atoms with Gasteiger partial charge in [0.1, 0.15) is 0 Å². The number of rotatable bonds is 4. The van der Waals surface area contributed by atoms with Crippen LogP contribution in [-0.2, 0) is 0 Å². The average molecular weight is 187 g/mol. The van der Waals surface area contributed by atoms with Gasteiger partial charge in [-0.25, -0.2) is 0 Å². The molecular weight excluding hydrogens is 166 g/mol. The maximum atomic E-state index is 3.65. The lowest BCUT2D eigenvalue weighted by molar-refractivity contribution is 0.438. The van der Waals surface area contributed by atoms with Gasteiger partial charge in [0, 0.05) is 11.8 Å². The van der Waals surface area contributed by atoms with Gasteiger partial charge in [-0.15, -0.1) is 11.8 Å². The SMILES string of the molecule is CCCCCC1(C)NC(C)CS1. The molecule has 1 saturated heterocycles. The maximum absolute atomic E-state index is 3.65.